The summed E-state index contributed by atoms with van der Waals surface area (Å²) >= 11 is 18.5. The zero-order valence-corrected chi connectivity index (χ0v) is 20.8. The summed E-state index contributed by atoms with van der Waals surface area (Å²) in [5, 5.41) is 4.82. The number of benzene rings is 1. The number of thiocarbonyl (C=S) groups is 1. The number of rotatable bonds is 6. The first-order valence-electron chi connectivity index (χ1n) is 10.6. The molecule has 3 heterocycles. The summed E-state index contributed by atoms with van der Waals surface area (Å²) in [7, 11) is 0. The largest absolute Gasteiger partial charge is 0.465 e. The number of hydrogen-bond acceptors (Lipinski definition) is 4. The van der Waals surface area contributed by atoms with E-state index in [-0.39, 0.29) is 24.6 Å². The molecule has 3 aromatic rings. The predicted molar refractivity (Wildman–Crippen MR) is 134 cm³/mol. The molecule has 1 aliphatic heterocycles. The number of pyridine rings is 1. The molecule has 0 amide bonds. The molecule has 1 N–H and O–H groups in total. The summed E-state index contributed by atoms with van der Waals surface area (Å²) in [5.41, 5.74) is 4.60. The molecule has 2 aromatic heterocycles. The van der Waals surface area contributed by atoms with Crippen molar-refractivity contribution in [3.05, 3.63) is 81.4 Å². The molecule has 172 valence electrons. The molecular weight excluding hydrogens is 479 g/mol. The van der Waals surface area contributed by atoms with Crippen LogP contribution in [0.25, 0.3) is 5.69 Å². The van der Waals surface area contributed by atoms with Crippen LogP contribution in [0.5, 0.6) is 0 Å². The van der Waals surface area contributed by atoms with Crippen molar-refractivity contribution in [2.75, 3.05) is 13.2 Å². The van der Waals surface area contributed by atoms with Crippen LogP contribution in [0.4, 0.5) is 0 Å². The van der Waals surface area contributed by atoms with E-state index < -0.39 is 0 Å². The minimum Gasteiger partial charge on any atom is -0.465 e. The van der Waals surface area contributed by atoms with Crippen molar-refractivity contribution < 1.29 is 9.53 Å². The lowest BCUT2D eigenvalue weighted by atomic mass is 9.97. The Balaban J connectivity index is 1.84. The molecular formula is C24H24Cl2N4O2S. The van der Waals surface area contributed by atoms with Gasteiger partial charge in [-0.2, -0.15) is 0 Å². The van der Waals surface area contributed by atoms with Gasteiger partial charge in [0, 0.05) is 17.6 Å². The van der Waals surface area contributed by atoms with E-state index in [4.69, 9.17) is 40.2 Å². The Labute approximate surface area is 208 Å². The maximum absolute atomic E-state index is 12.4. The average Bonchev–Trinajstić information content (AvgIpc) is 3.26. The molecule has 33 heavy (non-hydrogen) atoms. The number of esters is 1. The van der Waals surface area contributed by atoms with Crippen LogP contribution in [0.15, 0.2) is 48.7 Å². The normalized spacial score (nSPS) is 17.8. The fourth-order valence-corrected chi connectivity index (χ4v) is 5.07. The third-order valence-electron chi connectivity index (χ3n) is 5.76. The number of nitrogens with zero attached hydrogens (tertiary/aromatic N) is 3. The van der Waals surface area contributed by atoms with Crippen LogP contribution in [-0.4, -0.2) is 38.7 Å². The summed E-state index contributed by atoms with van der Waals surface area (Å²) in [5.74, 6) is -0.333. The zero-order valence-electron chi connectivity index (χ0n) is 18.5. The monoisotopic (exact) mass is 502 g/mol. The molecule has 2 atom stereocenters. The average molecular weight is 503 g/mol. The van der Waals surface area contributed by atoms with E-state index in [0.717, 1.165) is 28.3 Å². The van der Waals surface area contributed by atoms with Crippen molar-refractivity contribution in [3.8, 4) is 5.69 Å². The van der Waals surface area contributed by atoms with Crippen LogP contribution < -0.4 is 5.32 Å². The van der Waals surface area contributed by atoms with Gasteiger partial charge in [0.15, 0.2) is 5.11 Å². The van der Waals surface area contributed by atoms with Gasteiger partial charge in [-0.3, -0.25) is 9.78 Å². The number of carbonyl (C=O) groups excluding carboxylic acids is 1. The highest BCUT2D eigenvalue weighted by atomic mass is 35.5. The Kier molecular flexibility index (Phi) is 6.93. The number of carbonyl (C=O) groups is 1. The standard InChI is InChI=1S/C24H24Cl2N4O2S/c1-4-32-20(31)13-29-23(22(28-24(29)33)18-9-5-6-11-27-18)16-12-14(2)30(15(16)3)19-10-7-8-17(25)21(19)26/h5-12,22-23H,4,13H2,1-3H3,(H,28,33)/t22-,23-/m0/s1. The summed E-state index contributed by atoms with van der Waals surface area (Å²) in [4.78, 5) is 18.8. The molecule has 1 fully saturated rings. The van der Waals surface area contributed by atoms with Gasteiger partial charge in [-0.25, -0.2) is 0 Å². The number of ether oxygens (including phenoxy) is 1. The van der Waals surface area contributed by atoms with Crippen LogP contribution in [0.2, 0.25) is 10.0 Å². The Morgan fingerprint density at radius 1 is 1.21 bits per heavy atom. The third kappa shape index (κ3) is 4.45. The van der Waals surface area contributed by atoms with Gasteiger partial charge < -0.3 is 19.5 Å². The molecule has 0 unspecified atom stereocenters. The summed E-state index contributed by atoms with van der Waals surface area (Å²) in [6.45, 7) is 6.17. The SMILES string of the molecule is CCOC(=O)CN1C(=S)N[C@@H](c2ccccn2)[C@@H]1c1cc(C)n(-c2cccc(Cl)c2Cl)c1C. The second-order valence-corrected chi connectivity index (χ2v) is 8.97. The van der Waals surface area contributed by atoms with Crippen LogP contribution in [0.3, 0.4) is 0 Å². The highest BCUT2D eigenvalue weighted by Crippen LogP contribution is 2.42. The Bertz CT molecular complexity index is 1200. The lowest BCUT2D eigenvalue weighted by Crippen LogP contribution is -2.35. The van der Waals surface area contributed by atoms with E-state index >= 15 is 0 Å². The van der Waals surface area contributed by atoms with Crippen LogP contribution >= 0.6 is 35.4 Å². The van der Waals surface area contributed by atoms with E-state index in [9.17, 15) is 4.79 Å². The molecule has 0 aliphatic carbocycles. The summed E-state index contributed by atoms with van der Waals surface area (Å²) in [6, 6.07) is 12.9. The number of aryl methyl sites for hydroxylation is 1. The van der Waals surface area contributed by atoms with Crippen molar-refractivity contribution in [3.63, 3.8) is 0 Å². The smallest absolute Gasteiger partial charge is 0.325 e. The molecule has 1 saturated heterocycles. The van der Waals surface area contributed by atoms with Crippen LogP contribution in [0, 0.1) is 13.8 Å². The topological polar surface area (TPSA) is 59.4 Å². The molecule has 9 heteroatoms. The fraction of sp³-hybridized carbons (Fsp3) is 0.292. The molecule has 1 aromatic carbocycles. The van der Waals surface area contributed by atoms with Gasteiger partial charge in [-0.15, -0.1) is 0 Å². The van der Waals surface area contributed by atoms with Crippen LogP contribution in [0.1, 0.15) is 41.7 Å². The molecule has 0 radical (unpaired) electrons. The summed E-state index contributed by atoms with van der Waals surface area (Å²) in [6.07, 6.45) is 1.75. The lowest BCUT2D eigenvalue weighted by Gasteiger charge is -2.27. The van der Waals surface area contributed by atoms with Crippen molar-refractivity contribution in [2.45, 2.75) is 32.9 Å². The highest BCUT2D eigenvalue weighted by molar-refractivity contribution is 7.80. The van der Waals surface area contributed by atoms with E-state index in [2.05, 4.69) is 20.9 Å². The molecule has 0 spiro atoms. The van der Waals surface area contributed by atoms with Gasteiger partial charge in [0.1, 0.15) is 6.54 Å². The molecule has 6 nitrogen and oxygen atoms in total. The predicted octanol–water partition coefficient (Wildman–Crippen LogP) is 5.33. The first-order chi connectivity index (χ1) is 15.8. The third-order valence-corrected chi connectivity index (χ3v) is 6.92. The maximum Gasteiger partial charge on any atom is 0.325 e. The Hall–Kier alpha value is -2.61. The fourth-order valence-electron chi connectivity index (χ4n) is 4.38. The van der Waals surface area contributed by atoms with Crippen molar-refractivity contribution in [1.29, 1.82) is 0 Å². The molecule has 0 saturated carbocycles. The van der Waals surface area contributed by atoms with Crippen LogP contribution in [-0.2, 0) is 9.53 Å². The molecule has 1 aliphatic rings. The Morgan fingerprint density at radius 2 is 2.00 bits per heavy atom. The van der Waals surface area contributed by atoms with Gasteiger partial charge in [-0.1, -0.05) is 35.3 Å². The second kappa shape index (κ2) is 9.71. The minimum atomic E-state index is -0.333. The summed E-state index contributed by atoms with van der Waals surface area (Å²) < 4.78 is 7.29. The van der Waals surface area contributed by atoms with E-state index in [1.807, 2.05) is 49.1 Å². The highest BCUT2D eigenvalue weighted by Gasteiger charge is 2.42. The van der Waals surface area contributed by atoms with Crippen molar-refractivity contribution in [2.24, 2.45) is 0 Å². The molecule has 0 bridgehead atoms. The van der Waals surface area contributed by atoms with E-state index in [1.165, 1.54) is 0 Å². The number of hydrogen-bond donors (Lipinski definition) is 1. The van der Waals surface area contributed by atoms with E-state index in [0.29, 0.717) is 21.8 Å². The first-order valence-corrected chi connectivity index (χ1v) is 11.8. The molecule has 4 rings (SSSR count). The minimum absolute atomic E-state index is 0.0370. The number of nitrogens with one attached hydrogen (secondary N) is 1. The van der Waals surface area contributed by atoms with Gasteiger partial charge in [0.05, 0.1) is 40.1 Å². The van der Waals surface area contributed by atoms with Crippen molar-refractivity contribution in [1.82, 2.24) is 19.8 Å². The quantitative estimate of drug-likeness (QED) is 0.363. The first kappa shape index (κ1) is 23.5. The number of aromatic nitrogens is 2. The van der Waals surface area contributed by atoms with E-state index in [1.54, 1.807) is 19.2 Å². The van der Waals surface area contributed by atoms with Gasteiger partial charge in [0.2, 0.25) is 0 Å². The number of halogens is 2. The van der Waals surface area contributed by atoms with Gasteiger partial charge in [-0.05, 0) is 68.9 Å². The van der Waals surface area contributed by atoms with Gasteiger partial charge in [0.25, 0.3) is 0 Å². The maximum atomic E-state index is 12.4. The lowest BCUT2D eigenvalue weighted by molar-refractivity contribution is -0.143. The zero-order chi connectivity index (χ0) is 23.7. The van der Waals surface area contributed by atoms with Crippen molar-refractivity contribution >= 4 is 46.5 Å². The van der Waals surface area contributed by atoms with Gasteiger partial charge >= 0.3 is 5.97 Å². The Morgan fingerprint density at radius 3 is 2.70 bits per heavy atom. The second-order valence-electron chi connectivity index (χ2n) is 7.79.